The average Bonchev–Trinajstić information content (AvgIpc) is 3.22. The lowest BCUT2D eigenvalue weighted by atomic mass is 10.0. The fraction of sp³-hybridized carbons (Fsp3) is 0.350. The Labute approximate surface area is 162 Å². The van der Waals surface area contributed by atoms with Crippen molar-refractivity contribution in [2.45, 2.75) is 40.2 Å². The number of rotatable bonds is 7. The molecule has 0 atom stereocenters. The topological polar surface area (TPSA) is 75.6 Å². The number of aromatic amines is 1. The molecule has 3 aromatic rings. The van der Waals surface area contributed by atoms with Crippen molar-refractivity contribution in [2.24, 2.45) is 0 Å². The van der Waals surface area contributed by atoms with E-state index in [1.165, 1.54) is 11.8 Å². The Morgan fingerprint density at radius 1 is 1.25 bits per heavy atom. The molecule has 0 bridgehead atoms. The molecule has 0 fully saturated rings. The van der Waals surface area contributed by atoms with Crippen molar-refractivity contribution >= 4 is 5.91 Å². The Morgan fingerprint density at radius 2 is 2.04 bits per heavy atom. The minimum absolute atomic E-state index is 0.193. The summed E-state index contributed by atoms with van der Waals surface area (Å²) < 4.78 is 26.3. The average molecular weight is 387 g/mol. The lowest BCUT2D eigenvalue weighted by Gasteiger charge is -2.07. The second kappa shape index (κ2) is 8.33. The number of benzene rings is 1. The van der Waals surface area contributed by atoms with E-state index in [2.05, 4.69) is 20.6 Å². The Hall–Kier alpha value is -3.03. The number of aromatic nitrogens is 4. The van der Waals surface area contributed by atoms with Crippen LogP contribution in [0.3, 0.4) is 0 Å². The molecule has 8 heteroatoms. The highest BCUT2D eigenvalue weighted by Crippen LogP contribution is 2.25. The quantitative estimate of drug-likeness (QED) is 0.603. The van der Waals surface area contributed by atoms with Crippen LogP contribution in [0.1, 0.15) is 46.0 Å². The van der Waals surface area contributed by atoms with E-state index in [1.807, 2.05) is 13.8 Å². The monoisotopic (exact) mass is 387 g/mol. The molecule has 1 aromatic carbocycles. The summed E-state index contributed by atoms with van der Waals surface area (Å²) in [5, 5.41) is 13.9. The van der Waals surface area contributed by atoms with Crippen molar-refractivity contribution in [3.8, 4) is 11.1 Å². The number of carbonyl (C=O) groups is 1. The smallest absolute Gasteiger partial charge is 0.333 e. The second-order valence-corrected chi connectivity index (χ2v) is 6.74. The zero-order valence-corrected chi connectivity index (χ0v) is 16.1. The minimum Gasteiger partial charge on any atom is -0.352 e. The number of halogens is 2. The number of hydrogen-bond acceptors (Lipinski definition) is 3. The van der Waals surface area contributed by atoms with Gasteiger partial charge in [0, 0.05) is 29.6 Å². The number of hydrogen-bond donors (Lipinski definition) is 2. The van der Waals surface area contributed by atoms with Crippen molar-refractivity contribution in [3.63, 3.8) is 0 Å². The highest BCUT2D eigenvalue weighted by atomic mass is 19.3. The van der Waals surface area contributed by atoms with Crippen LogP contribution in [0.15, 0.2) is 30.5 Å². The summed E-state index contributed by atoms with van der Waals surface area (Å²) in [5.41, 5.74) is 5.46. The molecule has 6 nitrogen and oxygen atoms in total. The molecular weight excluding hydrogens is 364 g/mol. The van der Waals surface area contributed by atoms with Gasteiger partial charge in [-0.05, 0) is 56.9 Å². The molecule has 0 radical (unpaired) electrons. The minimum atomic E-state index is -2.69. The van der Waals surface area contributed by atoms with Crippen LogP contribution >= 0.6 is 0 Å². The molecule has 2 aromatic heterocycles. The molecule has 3 rings (SSSR count). The van der Waals surface area contributed by atoms with E-state index in [0.29, 0.717) is 33.6 Å². The highest BCUT2D eigenvalue weighted by molar-refractivity contribution is 5.95. The maximum Gasteiger partial charge on any atom is 0.333 e. The van der Waals surface area contributed by atoms with Crippen molar-refractivity contribution in [1.29, 1.82) is 0 Å². The van der Waals surface area contributed by atoms with Gasteiger partial charge in [-0.3, -0.25) is 9.89 Å². The van der Waals surface area contributed by atoms with Crippen molar-refractivity contribution < 1.29 is 13.6 Å². The van der Waals surface area contributed by atoms with Crippen LogP contribution in [-0.4, -0.2) is 32.4 Å². The molecule has 148 valence electrons. The summed E-state index contributed by atoms with van der Waals surface area (Å²) in [7, 11) is 0. The van der Waals surface area contributed by atoms with E-state index in [4.69, 9.17) is 0 Å². The number of amides is 1. The summed E-state index contributed by atoms with van der Waals surface area (Å²) >= 11 is 0. The molecule has 28 heavy (non-hydrogen) atoms. The van der Waals surface area contributed by atoms with Crippen LogP contribution in [-0.2, 0) is 6.42 Å². The number of alkyl halides is 2. The SMILES string of the molecule is Cc1nn(C(F)F)cc1-c1cccc(C(=O)NCCCc2c(C)n[nH]c2C)c1. The van der Waals surface area contributed by atoms with Gasteiger partial charge in [-0.2, -0.15) is 19.0 Å². The third kappa shape index (κ3) is 4.27. The molecule has 0 aliphatic heterocycles. The lowest BCUT2D eigenvalue weighted by Crippen LogP contribution is -2.24. The first kappa shape index (κ1) is 19.7. The number of H-pyrrole nitrogens is 1. The molecule has 0 saturated heterocycles. The van der Waals surface area contributed by atoms with E-state index in [9.17, 15) is 13.6 Å². The molecule has 2 heterocycles. The molecule has 0 saturated carbocycles. The highest BCUT2D eigenvalue weighted by Gasteiger charge is 2.14. The van der Waals surface area contributed by atoms with Gasteiger partial charge in [0.1, 0.15) is 0 Å². The van der Waals surface area contributed by atoms with Crippen molar-refractivity contribution in [1.82, 2.24) is 25.3 Å². The molecular formula is C20H23F2N5O. The van der Waals surface area contributed by atoms with Gasteiger partial charge in [0.2, 0.25) is 0 Å². The molecule has 0 aliphatic carbocycles. The maximum atomic E-state index is 12.8. The Balaban J connectivity index is 1.62. The van der Waals surface area contributed by atoms with Crippen LogP contribution in [0.25, 0.3) is 11.1 Å². The normalized spacial score (nSPS) is 11.2. The van der Waals surface area contributed by atoms with Gasteiger partial charge < -0.3 is 5.32 Å². The zero-order chi connectivity index (χ0) is 20.3. The van der Waals surface area contributed by atoms with Gasteiger partial charge in [-0.15, -0.1) is 0 Å². The molecule has 2 N–H and O–H groups in total. The van der Waals surface area contributed by atoms with Crippen LogP contribution in [0.4, 0.5) is 8.78 Å². The fourth-order valence-corrected chi connectivity index (χ4v) is 3.20. The number of nitrogens with zero attached hydrogens (tertiary/aromatic N) is 3. The molecule has 1 amide bonds. The van der Waals surface area contributed by atoms with Crippen LogP contribution in [0.5, 0.6) is 0 Å². The third-order valence-corrected chi connectivity index (χ3v) is 4.72. The van der Waals surface area contributed by atoms with Crippen LogP contribution in [0, 0.1) is 20.8 Å². The van der Waals surface area contributed by atoms with Crippen molar-refractivity contribution in [3.05, 3.63) is 58.7 Å². The van der Waals surface area contributed by atoms with E-state index < -0.39 is 6.55 Å². The Kier molecular flexibility index (Phi) is 5.87. The predicted octanol–water partition coefficient (Wildman–Crippen LogP) is 3.96. The number of carbonyl (C=O) groups excluding carboxylic acids is 1. The Morgan fingerprint density at radius 3 is 2.68 bits per heavy atom. The van der Waals surface area contributed by atoms with Gasteiger partial charge in [0.05, 0.1) is 11.4 Å². The van der Waals surface area contributed by atoms with Crippen LogP contribution in [0.2, 0.25) is 0 Å². The summed E-state index contributed by atoms with van der Waals surface area (Å²) in [6.07, 6.45) is 2.93. The molecule has 0 unspecified atom stereocenters. The van der Waals surface area contributed by atoms with E-state index >= 15 is 0 Å². The first-order valence-corrected chi connectivity index (χ1v) is 9.09. The van der Waals surface area contributed by atoms with Gasteiger partial charge in [-0.25, -0.2) is 4.68 Å². The Bertz CT molecular complexity index is 957. The summed E-state index contributed by atoms with van der Waals surface area (Å²) in [4.78, 5) is 12.5. The largest absolute Gasteiger partial charge is 0.352 e. The first-order chi connectivity index (χ1) is 13.4. The maximum absolute atomic E-state index is 12.8. The van der Waals surface area contributed by atoms with Gasteiger partial charge in [0.25, 0.3) is 5.91 Å². The third-order valence-electron chi connectivity index (χ3n) is 4.72. The second-order valence-electron chi connectivity index (χ2n) is 6.74. The van der Waals surface area contributed by atoms with Crippen LogP contribution < -0.4 is 5.32 Å². The number of nitrogens with one attached hydrogen (secondary N) is 2. The first-order valence-electron chi connectivity index (χ1n) is 9.09. The lowest BCUT2D eigenvalue weighted by molar-refractivity contribution is 0.0563. The fourth-order valence-electron chi connectivity index (χ4n) is 3.20. The van der Waals surface area contributed by atoms with Crippen molar-refractivity contribution in [2.75, 3.05) is 6.54 Å². The van der Waals surface area contributed by atoms with E-state index in [1.54, 1.807) is 31.2 Å². The summed E-state index contributed by atoms with van der Waals surface area (Å²) in [6.45, 7) is 3.45. The molecule has 0 aliphatic rings. The van der Waals surface area contributed by atoms with Gasteiger partial charge in [-0.1, -0.05) is 12.1 Å². The van der Waals surface area contributed by atoms with E-state index in [-0.39, 0.29) is 5.91 Å². The summed E-state index contributed by atoms with van der Waals surface area (Å²) in [5.74, 6) is -0.193. The van der Waals surface area contributed by atoms with Gasteiger partial charge >= 0.3 is 6.55 Å². The summed E-state index contributed by atoms with van der Waals surface area (Å²) in [6, 6.07) is 6.91. The standard InChI is InChI=1S/C20H23F2N5O/c1-12-17(13(2)25-24-12)8-5-9-23-19(28)16-7-4-6-15(10-16)18-11-27(20(21)22)26-14(18)3/h4,6-7,10-11,20H,5,8-9H2,1-3H3,(H,23,28)(H,24,25). The van der Waals surface area contributed by atoms with Gasteiger partial charge in [0.15, 0.2) is 0 Å². The zero-order valence-electron chi connectivity index (χ0n) is 16.1. The predicted molar refractivity (Wildman–Crippen MR) is 102 cm³/mol. The van der Waals surface area contributed by atoms with E-state index in [0.717, 1.165) is 24.2 Å². The number of aryl methyl sites for hydroxylation is 3. The molecule has 0 spiro atoms.